The second-order valence-electron chi connectivity index (χ2n) is 3.98. The van der Waals surface area contributed by atoms with Crippen LogP contribution in [0.1, 0.15) is 5.76 Å². The molecule has 1 aliphatic heterocycles. The topological polar surface area (TPSA) is 36.7 Å². The van der Waals surface area contributed by atoms with E-state index in [2.05, 4.69) is 11.9 Å². The first kappa shape index (κ1) is 11.0. The van der Waals surface area contributed by atoms with Gasteiger partial charge in [-0.2, -0.15) is 0 Å². The molecule has 1 saturated heterocycles. The van der Waals surface area contributed by atoms with Crippen LogP contribution in [0.25, 0.3) is 6.08 Å². The van der Waals surface area contributed by atoms with Crippen molar-refractivity contribution in [3.63, 3.8) is 0 Å². The lowest BCUT2D eigenvalue weighted by Gasteiger charge is -2.31. The Morgan fingerprint density at radius 3 is 2.75 bits per heavy atom. The van der Waals surface area contributed by atoms with E-state index in [4.69, 9.17) is 4.42 Å². The lowest BCUT2D eigenvalue weighted by atomic mass is 10.3. The lowest BCUT2D eigenvalue weighted by molar-refractivity contribution is -0.127. The molecule has 1 amide bonds. The van der Waals surface area contributed by atoms with Crippen molar-refractivity contribution in [2.24, 2.45) is 0 Å². The second kappa shape index (κ2) is 4.99. The van der Waals surface area contributed by atoms with E-state index >= 15 is 0 Å². The van der Waals surface area contributed by atoms with Crippen LogP contribution < -0.4 is 0 Å². The highest BCUT2D eigenvalue weighted by Crippen LogP contribution is 2.05. The van der Waals surface area contributed by atoms with Crippen molar-refractivity contribution in [3.8, 4) is 0 Å². The summed E-state index contributed by atoms with van der Waals surface area (Å²) in [6.45, 7) is 3.50. The maximum Gasteiger partial charge on any atom is 0.246 e. The average Bonchev–Trinajstić information content (AvgIpc) is 2.80. The quantitative estimate of drug-likeness (QED) is 0.699. The molecule has 16 heavy (non-hydrogen) atoms. The second-order valence-corrected chi connectivity index (χ2v) is 3.98. The summed E-state index contributed by atoms with van der Waals surface area (Å²) in [5.41, 5.74) is 0. The molecule has 4 nitrogen and oxygen atoms in total. The number of rotatable bonds is 2. The monoisotopic (exact) mass is 220 g/mol. The molecule has 4 heteroatoms. The molecule has 0 radical (unpaired) electrons. The molecular formula is C12H16N2O2. The van der Waals surface area contributed by atoms with Crippen molar-refractivity contribution in [3.05, 3.63) is 30.2 Å². The number of amides is 1. The van der Waals surface area contributed by atoms with Crippen molar-refractivity contribution < 1.29 is 9.21 Å². The molecule has 1 aromatic heterocycles. The molecule has 2 rings (SSSR count). The lowest BCUT2D eigenvalue weighted by Crippen LogP contribution is -2.46. The zero-order valence-corrected chi connectivity index (χ0v) is 9.43. The molecule has 0 aliphatic carbocycles. The molecule has 0 bridgehead atoms. The molecule has 0 saturated carbocycles. The zero-order chi connectivity index (χ0) is 11.4. The Bertz CT molecular complexity index is 362. The van der Waals surface area contributed by atoms with E-state index in [1.807, 2.05) is 11.0 Å². The van der Waals surface area contributed by atoms with Crippen LogP contribution in [0.5, 0.6) is 0 Å². The van der Waals surface area contributed by atoms with Crippen LogP contribution in [0.15, 0.2) is 28.9 Å². The fourth-order valence-electron chi connectivity index (χ4n) is 1.67. The molecule has 86 valence electrons. The number of carbonyl (C=O) groups is 1. The van der Waals surface area contributed by atoms with Crippen LogP contribution in [-0.4, -0.2) is 48.9 Å². The Labute approximate surface area is 95.1 Å². The predicted molar refractivity (Wildman–Crippen MR) is 61.8 cm³/mol. The van der Waals surface area contributed by atoms with Crippen molar-refractivity contribution in [1.82, 2.24) is 9.80 Å². The van der Waals surface area contributed by atoms with Crippen LogP contribution in [-0.2, 0) is 4.79 Å². The van der Waals surface area contributed by atoms with Crippen molar-refractivity contribution in [1.29, 1.82) is 0 Å². The Balaban J connectivity index is 1.88. The first-order valence-electron chi connectivity index (χ1n) is 5.45. The molecule has 1 fully saturated rings. The maximum absolute atomic E-state index is 11.8. The summed E-state index contributed by atoms with van der Waals surface area (Å²) in [5.74, 6) is 0.770. The summed E-state index contributed by atoms with van der Waals surface area (Å²) >= 11 is 0. The molecule has 2 heterocycles. The summed E-state index contributed by atoms with van der Waals surface area (Å²) in [5, 5.41) is 0. The summed E-state index contributed by atoms with van der Waals surface area (Å²) in [4.78, 5) is 15.9. The van der Waals surface area contributed by atoms with Gasteiger partial charge in [0.05, 0.1) is 6.26 Å². The molecule has 0 N–H and O–H groups in total. The number of hydrogen-bond donors (Lipinski definition) is 0. The number of hydrogen-bond acceptors (Lipinski definition) is 3. The minimum absolute atomic E-state index is 0.0597. The highest BCUT2D eigenvalue weighted by molar-refractivity contribution is 5.91. The highest BCUT2D eigenvalue weighted by atomic mass is 16.3. The van der Waals surface area contributed by atoms with Crippen molar-refractivity contribution in [2.45, 2.75) is 0 Å². The van der Waals surface area contributed by atoms with Gasteiger partial charge in [0.2, 0.25) is 5.91 Å². The van der Waals surface area contributed by atoms with Gasteiger partial charge in [-0.3, -0.25) is 4.79 Å². The number of piperazine rings is 1. The minimum Gasteiger partial charge on any atom is -0.465 e. The van der Waals surface area contributed by atoms with Gasteiger partial charge in [0, 0.05) is 32.3 Å². The van der Waals surface area contributed by atoms with Crippen LogP contribution in [0.4, 0.5) is 0 Å². The van der Waals surface area contributed by atoms with Crippen molar-refractivity contribution in [2.75, 3.05) is 33.2 Å². The maximum atomic E-state index is 11.8. The van der Waals surface area contributed by atoms with Crippen LogP contribution in [0, 0.1) is 0 Å². The van der Waals surface area contributed by atoms with Gasteiger partial charge in [-0.05, 0) is 25.3 Å². The van der Waals surface area contributed by atoms with Crippen LogP contribution in [0.3, 0.4) is 0 Å². The van der Waals surface area contributed by atoms with Gasteiger partial charge in [-0.1, -0.05) is 0 Å². The average molecular weight is 220 g/mol. The van der Waals surface area contributed by atoms with Gasteiger partial charge < -0.3 is 14.2 Å². The van der Waals surface area contributed by atoms with E-state index < -0.39 is 0 Å². The third kappa shape index (κ3) is 2.73. The molecule has 0 spiro atoms. The van der Waals surface area contributed by atoms with E-state index in [9.17, 15) is 4.79 Å². The van der Waals surface area contributed by atoms with Crippen LogP contribution >= 0.6 is 0 Å². The SMILES string of the molecule is CN1CCN(C(=O)/C=C/c2ccco2)CC1. The third-order valence-corrected chi connectivity index (χ3v) is 2.75. The largest absolute Gasteiger partial charge is 0.465 e. The fraction of sp³-hybridized carbons (Fsp3) is 0.417. The van der Waals surface area contributed by atoms with Crippen molar-refractivity contribution >= 4 is 12.0 Å². The van der Waals surface area contributed by atoms with E-state index in [1.165, 1.54) is 0 Å². The molecule has 0 aromatic carbocycles. The Hall–Kier alpha value is -1.55. The summed E-state index contributed by atoms with van der Waals surface area (Å²) in [6, 6.07) is 3.63. The first-order chi connectivity index (χ1) is 7.75. The first-order valence-corrected chi connectivity index (χ1v) is 5.45. The molecule has 0 unspecified atom stereocenters. The number of furan rings is 1. The van der Waals surface area contributed by atoms with Gasteiger partial charge in [0.25, 0.3) is 0 Å². The number of likely N-dealkylation sites (N-methyl/N-ethyl adjacent to an activating group) is 1. The Morgan fingerprint density at radius 1 is 1.38 bits per heavy atom. The van der Waals surface area contributed by atoms with Crippen LogP contribution in [0.2, 0.25) is 0 Å². The smallest absolute Gasteiger partial charge is 0.246 e. The third-order valence-electron chi connectivity index (χ3n) is 2.75. The Kier molecular flexibility index (Phi) is 3.41. The van der Waals surface area contributed by atoms with E-state index in [0.717, 1.165) is 26.2 Å². The number of nitrogens with zero attached hydrogens (tertiary/aromatic N) is 2. The summed E-state index contributed by atoms with van der Waals surface area (Å²) in [6.07, 6.45) is 4.88. The van der Waals surface area contributed by atoms with E-state index in [0.29, 0.717) is 5.76 Å². The zero-order valence-electron chi connectivity index (χ0n) is 9.43. The molecule has 0 atom stereocenters. The summed E-state index contributed by atoms with van der Waals surface area (Å²) < 4.78 is 5.12. The molecule has 1 aromatic rings. The van der Waals surface area contributed by atoms with Gasteiger partial charge in [0.15, 0.2) is 0 Å². The molecular weight excluding hydrogens is 204 g/mol. The van der Waals surface area contributed by atoms with Gasteiger partial charge in [-0.25, -0.2) is 0 Å². The number of carbonyl (C=O) groups excluding carboxylic acids is 1. The fourth-order valence-corrected chi connectivity index (χ4v) is 1.67. The van der Waals surface area contributed by atoms with Gasteiger partial charge in [0.1, 0.15) is 5.76 Å². The van der Waals surface area contributed by atoms with Gasteiger partial charge in [-0.15, -0.1) is 0 Å². The molecule has 1 aliphatic rings. The highest BCUT2D eigenvalue weighted by Gasteiger charge is 2.16. The predicted octanol–water partition coefficient (Wildman–Crippen LogP) is 1.07. The minimum atomic E-state index is 0.0597. The normalized spacial score (nSPS) is 18.2. The standard InChI is InChI=1S/C12H16N2O2/c1-13-6-8-14(9-7-13)12(15)5-4-11-3-2-10-16-11/h2-5,10H,6-9H2,1H3/b5-4+. The van der Waals surface area contributed by atoms with E-state index in [-0.39, 0.29) is 5.91 Å². The van der Waals surface area contributed by atoms with E-state index in [1.54, 1.807) is 24.5 Å². The Morgan fingerprint density at radius 2 is 2.12 bits per heavy atom. The summed E-state index contributed by atoms with van der Waals surface area (Å²) in [7, 11) is 2.07. The van der Waals surface area contributed by atoms with Gasteiger partial charge >= 0.3 is 0 Å².